The number of halogens is 3. The van der Waals surface area contributed by atoms with E-state index in [2.05, 4.69) is 10.3 Å². The second-order valence-corrected chi connectivity index (χ2v) is 4.49. The number of rotatable bonds is 1. The first-order valence-corrected chi connectivity index (χ1v) is 4.54. The molecule has 0 aliphatic carbocycles. The Hall–Kier alpha value is -0.500. The third kappa shape index (κ3) is 2.05. The van der Waals surface area contributed by atoms with Crippen LogP contribution in [0.5, 0.6) is 0 Å². The lowest BCUT2D eigenvalue weighted by molar-refractivity contribution is 0.602. The Labute approximate surface area is 90.0 Å². The van der Waals surface area contributed by atoms with Crippen molar-refractivity contribution in [2.75, 3.05) is 0 Å². The van der Waals surface area contributed by atoms with Crippen LogP contribution in [0.1, 0.15) is 18.3 Å². The van der Waals surface area contributed by atoms with Crippen LogP contribution in [0, 0.1) is 11.3 Å². The van der Waals surface area contributed by atoms with Crippen LogP contribution in [0.3, 0.4) is 0 Å². The first-order valence-electron chi connectivity index (χ1n) is 3.41. The Bertz CT molecular complexity index is 346. The van der Waals surface area contributed by atoms with Gasteiger partial charge in [-0.2, -0.15) is 5.26 Å². The molecule has 1 rings (SSSR count). The van der Waals surface area contributed by atoms with Gasteiger partial charge >= 0.3 is 0 Å². The molecule has 0 N–H and O–H groups in total. The van der Waals surface area contributed by atoms with E-state index in [4.69, 9.17) is 40.1 Å². The molecular weight excluding hydrogens is 234 g/mol. The Balaban J connectivity index is 3.31. The van der Waals surface area contributed by atoms with Crippen molar-refractivity contribution in [3.8, 4) is 6.07 Å². The van der Waals surface area contributed by atoms with Crippen molar-refractivity contribution in [3.63, 3.8) is 0 Å². The van der Waals surface area contributed by atoms with Crippen molar-refractivity contribution in [3.05, 3.63) is 11.4 Å². The minimum atomic E-state index is -1.66. The second kappa shape index (κ2) is 3.70. The van der Waals surface area contributed by atoms with Crippen molar-refractivity contribution < 1.29 is 0 Å². The van der Waals surface area contributed by atoms with E-state index in [1.54, 1.807) is 0 Å². The minimum absolute atomic E-state index is 0.0434. The third-order valence-corrected chi connectivity index (χ3v) is 1.95. The van der Waals surface area contributed by atoms with E-state index < -0.39 is 3.79 Å². The van der Waals surface area contributed by atoms with Crippen molar-refractivity contribution in [2.45, 2.75) is 17.3 Å². The molecule has 1 heterocycles. The molecule has 1 aromatic rings. The van der Waals surface area contributed by atoms with Gasteiger partial charge in [0, 0.05) is 6.54 Å². The molecule has 0 radical (unpaired) electrons. The fraction of sp³-hybridized carbons (Fsp3) is 0.500. The van der Waals surface area contributed by atoms with Gasteiger partial charge in [0.05, 0.1) is 0 Å². The highest BCUT2D eigenvalue weighted by atomic mass is 35.6. The molecule has 0 aliphatic rings. The zero-order chi connectivity index (χ0) is 10.1. The maximum absolute atomic E-state index is 8.65. The number of aryl methyl sites for hydroxylation is 1. The summed E-state index contributed by atoms with van der Waals surface area (Å²) in [6.07, 6.45) is 0. The molecule has 0 atom stereocenters. The van der Waals surface area contributed by atoms with Gasteiger partial charge in [-0.05, 0) is 6.92 Å². The highest BCUT2D eigenvalue weighted by molar-refractivity contribution is 6.66. The summed E-state index contributed by atoms with van der Waals surface area (Å²) in [6.45, 7) is 2.31. The minimum Gasteiger partial charge on any atom is -0.244 e. The molecule has 0 unspecified atom stereocenters. The van der Waals surface area contributed by atoms with Crippen LogP contribution < -0.4 is 0 Å². The number of hydrogen-bond acceptors (Lipinski definition) is 3. The van der Waals surface area contributed by atoms with Crippen molar-refractivity contribution in [1.29, 1.82) is 5.26 Å². The average Bonchev–Trinajstić information content (AvgIpc) is 2.45. The van der Waals surface area contributed by atoms with E-state index >= 15 is 0 Å². The van der Waals surface area contributed by atoms with Crippen LogP contribution in [0.15, 0.2) is 0 Å². The Morgan fingerprint density at radius 1 is 1.54 bits per heavy atom. The highest BCUT2D eigenvalue weighted by Crippen LogP contribution is 2.39. The SMILES string of the molecule is CCn1nnc(C#N)c1C(Cl)(Cl)Cl. The van der Waals surface area contributed by atoms with E-state index in [9.17, 15) is 0 Å². The van der Waals surface area contributed by atoms with E-state index in [0.717, 1.165) is 0 Å². The van der Waals surface area contributed by atoms with Gasteiger partial charge in [0.1, 0.15) is 11.8 Å². The molecule has 0 spiro atoms. The largest absolute Gasteiger partial charge is 0.244 e. The van der Waals surface area contributed by atoms with E-state index in [1.165, 1.54) is 4.68 Å². The molecule has 0 saturated carbocycles. The van der Waals surface area contributed by atoms with Crippen LogP contribution in [0.2, 0.25) is 0 Å². The summed E-state index contributed by atoms with van der Waals surface area (Å²) in [5, 5.41) is 15.9. The molecule has 0 aromatic carbocycles. The summed E-state index contributed by atoms with van der Waals surface area (Å²) in [7, 11) is 0. The summed E-state index contributed by atoms with van der Waals surface area (Å²) in [6, 6.07) is 1.81. The quantitative estimate of drug-likeness (QED) is 0.704. The molecular formula is C6H5Cl3N4. The van der Waals surface area contributed by atoms with Crippen LogP contribution in [0.25, 0.3) is 0 Å². The summed E-state index contributed by atoms with van der Waals surface area (Å²) < 4.78 is -0.282. The summed E-state index contributed by atoms with van der Waals surface area (Å²) >= 11 is 16.9. The average molecular weight is 239 g/mol. The molecule has 0 amide bonds. The Morgan fingerprint density at radius 2 is 2.15 bits per heavy atom. The van der Waals surface area contributed by atoms with Crippen LogP contribution in [-0.4, -0.2) is 15.0 Å². The lowest BCUT2D eigenvalue weighted by Gasteiger charge is -2.11. The summed E-state index contributed by atoms with van der Waals surface area (Å²) in [5.74, 6) is 0. The van der Waals surface area contributed by atoms with Gasteiger partial charge < -0.3 is 0 Å². The van der Waals surface area contributed by atoms with Crippen LogP contribution >= 0.6 is 34.8 Å². The molecule has 0 aliphatic heterocycles. The lowest BCUT2D eigenvalue weighted by atomic mass is 10.3. The standard InChI is InChI=1S/C6H5Cl3N4/c1-2-13-5(6(7,8)9)4(3-10)11-12-13/h2H2,1H3. The van der Waals surface area contributed by atoms with Gasteiger partial charge in [0.15, 0.2) is 5.69 Å². The van der Waals surface area contributed by atoms with Crippen molar-refractivity contribution in [1.82, 2.24) is 15.0 Å². The maximum atomic E-state index is 8.65. The first kappa shape index (κ1) is 10.6. The molecule has 4 nitrogen and oxygen atoms in total. The smallest absolute Gasteiger partial charge is 0.235 e. The lowest BCUT2D eigenvalue weighted by Crippen LogP contribution is -2.12. The zero-order valence-corrected chi connectivity index (χ0v) is 8.90. The molecule has 0 saturated heterocycles. The molecule has 70 valence electrons. The number of aromatic nitrogens is 3. The van der Waals surface area contributed by atoms with E-state index in [1.807, 2.05) is 13.0 Å². The number of alkyl halides is 3. The van der Waals surface area contributed by atoms with Gasteiger partial charge in [0.2, 0.25) is 3.79 Å². The maximum Gasteiger partial charge on any atom is 0.235 e. The third-order valence-electron chi connectivity index (χ3n) is 1.41. The van der Waals surface area contributed by atoms with Gasteiger partial charge in [-0.25, -0.2) is 4.68 Å². The summed E-state index contributed by atoms with van der Waals surface area (Å²) in [4.78, 5) is 0. The topological polar surface area (TPSA) is 54.5 Å². The molecule has 7 heteroatoms. The normalized spacial score (nSPS) is 11.3. The molecule has 0 bridgehead atoms. The van der Waals surface area contributed by atoms with Crippen molar-refractivity contribution >= 4 is 34.8 Å². The van der Waals surface area contributed by atoms with Gasteiger partial charge in [-0.1, -0.05) is 40.0 Å². The summed E-state index contributed by atoms with van der Waals surface area (Å²) in [5.41, 5.74) is 0.254. The molecule has 1 aromatic heterocycles. The van der Waals surface area contributed by atoms with E-state index in [-0.39, 0.29) is 11.4 Å². The predicted octanol–water partition coefficient (Wildman–Crippen LogP) is 2.00. The fourth-order valence-corrected chi connectivity index (χ4v) is 1.45. The van der Waals surface area contributed by atoms with Gasteiger partial charge in [-0.3, -0.25) is 0 Å². The highest BCUT2D eigenvalue weighted by Gasteiger charge is 2.32. The monoisotopic (exact) mass is 238 g/mol. The van der Waals surface area contributed by atoms with Crippen LogP contribution in [-0.2, 0) is 10.3 Å². The Morgan fingerprint density at radius 3 is 2.54 bits per heavy atom. The van der Waals surface area contributed by atoms with Gasteiger partial charge in [0.25, 0.3) is 0 Å². The predicted molar refractivity (Wildman–Crippen MR) is 49.6 cm³/mol. The number of nitrogens with zero attached hydrogens (tertiary/aromatic N) is 4. The number of hydrogen-bond donors (Lipinski definition) is 0. The van der Waals surface area contributed by atoms with Crippen molar-refractivity contribution in [2.24, 2.45) is 0 Å². The van der Waals surface area contributed by atoms with E-state index in [0.29, 0.717) is 6.54 Å². The number of nitriles is 1. The fourth-order valence-electron chi connectivity index (χ4n) is 0.890. The van der Waals surface area contributed by atoms with Gasteiger partial charge in [-0.15, -0.1) is 5.10 Å². The molecule has 0 fully saturated rings. The first-order chi connectivity index (χ1) is 6.00. The Kier molecular flexibility index (Phi) is 3.01. The van der Waals surface area contributed by atoms with Crippen LogP contribution in [0.4, 0.5) is 0 Å². The second-order valence-electron chi connectivity index (χ2n) is 2.21. The molecule has 13 heavy (non-hydrogen) atoms. The zero-order valence-electron chi connectivity index (χ0n) is 6.63.